The minimum Gasteiger partial charge on any atom is -0.300 e. The number of halogens is 1. The molecule has 2 saturated carbocycles. The molecule has 0 aromatic heterocycles. The Morgan fingerprint density at radius 1 is 0.977 bits per heavy atom. The van der Waals surface area contributed by atoms with Crippen LogP contribution in [-0.2, 0) is 9.84 Å². The zero-order valence-electron chi connectivity index (χ0n) is 25.8. The Morgan fingerprint density at radius 3 is 2.30 bits per heavy atom. The van der Waals surface area contributed by atoms with Gasteiger partial charge in [-0.3, -0.25) is 15.2 Å². The van der Waals surface area contributed by atoms with Crippen LogP contribution in [0.5, 0.6) is 0 Å². The summed E-state index contributed by atoms with van der Waals surface area (Å²) in [4.78, 5) is 24.3. The highest BCUT2D eigenvalue weighted by Gasteiger charge is 2.55. The average molecular weight is 627 g/mol. The molecule has 2 amide bonds. The number of para-hydroxylation sites is 1. The summed E-state index contributed by atoms with van der Waals surface area (Å²) in [5.74, 6) is 1.65. The monoisotopic (exact) mass is 626 g/mol. The minimum absolute atomic E-state index is 0. The van der Waals surface area contributed by atoms with Crippen molar-refractivity contribution in [2.45, 2.75) is 113 Å². The number of benzene rings is 2. The maximum atomic E-state index is 14.0. The van der Waals surface area contributed by atoms with Crippen molar-refractivity contribution in [2.75, 3.05) is 18.0 Å². The number of anilines is 1. The number of carbonyl (C=O) groups excluding carboxylic acids is 1. The number of amides is 2. The zero-order chi connectivity index (χ0) is 29.5. The molecular weight excluding hydrogens is 580 g/mol. The predicted octanol–water partition coefficient (Wildman–Crippen LogP) is 7.24. The van der Waals surface area contributed by atoms with Gasteiger partial charge in [-0.05, 0) is 89.0 Å². The van der Waals surface area contributed by atoms with Crippen LogP contribution >= 0.6 is 12.4 Å². The van der Waals surface area contributed by atoms with E-state index in [9.17, 15) is 13.2 Å². The molecular formula is C34H47ClN4O3S. The Morgan fingerprint density at radius 2 is 1.67 bits per heavy atom. The van der Waals surface area contributed by atoms with Crippen LogP contribution in [0.2, 0.25) is 0 Å². The van der Waals surface area contributed by atoms with Crippen molar-refractivity contribution >= 4 is 39.8 Å². The SMILES string of the molecule is CC(C)S(=O)(=O)c1ccc(-c2ccccc2N2C(=O)NC(=NC3CCCCC3)[C@]23CCN(CC2CCC2)[C@@H](C)C3)cc1.Cl. The highest BCUT2D eigenvalue weighted by Crippen LogP contribution is 2.44. The third-order valence-electron chi connectivity index (χ3n) is 10.2. The third kappa shape index (κ3) is 6.12. The molecule has 2 atom stereocenters. The number of rotatable bonds is 7. The summed E-state index contributed by atoms with van der Waals surface area (Å²) in [6.45, 7) is 7.81. The van der Waals surface area contributed by atoms with E-state index in [0.29, 0.717) is 10.9 Å². The van der Waals surface area contributed by atoms with Crippen LogP contribution in [0.3, 0.4) is 0 Å². The number of hydrogen-bond donors (Lipinski definition) is 1. The lowest BCUT2D eigenvalue weighted by molar-refractivity contribution is 0.0907. The number of sulfone groups is 1. The van der Waals surface area contributed by atoms with Crippen molar-refractivity contribution < 1.29 is 13.2 Å². The molecule has 1 spiro atoms. The summed E-state index contributed by atoms with van der Waals surface area (Å²) < 4.78 is 25.5. The fourth-order valence-electron chi connectivity index (χ4n) is 7.43. The lowest BCUT2D eigenvalue weighted by Crippen LogP contribution is -2.60. The largest absolute Gasteiger partial charge is 0.328 e. The van der Waals surface area contributed by atoms with Crippen molar-refractivity contribution in [2.24, 2.45) is 10.9 Å². The zero-order valence-corrected chi connectivity index (χ0v) is 27.4. The quantitative estimate of drug-likeness (QED) is 0.351. The number of nitrogens with zero attached hydrogens (tertiary/aromatic N) is 3. The Hall–Kier alpha value is -2.42. The van der Waals surface area contributed by atoms with Gasteiger partial charge in [-0.1, -0.05) is 56.0 Å². The Labute approximate surface area is 263 Å². The second-order valence-electron chi connectivity index (χ2n) is 13.3. The van der Waals surface area contributed by atoms with E-state index < -0.39 is 20.6 Å². The van der Waals surface area contributed by atoms with Crippen LogP contribution in [0.1, 0.15) is 85.0 Å². The van der Waals surface area contributed by atoms with E-state index >= 15 is 0 Å². The van der Waals surface area contributed by atoms with Crippen LogP contribution < -0.4 is 10.2 Å². The van der Waals surface area contributed by atoms with Crippen molar-refractivity contribution in [3.8, 4) is 11.1 Å². The molecule has 0 bridgehead atoms. The standard InChI is InChI=1S/C34H46N4O3S.ClH/c1-24(2)42(40,41)29-18-16-27(17-19-29)30-14-7-8-15-31(30)38-33(39)36-32(35-28-12-5-4-6-13-28)34(38)20-21-37(25(3)22-34)23-26-10-9-11-26;/h7-8,14-19,24-26,28H,4-6,9-13,20-23H2,1-3H3,(H,35,36,39);1H/t25-,34+;/m0./s1. The summed E-state index contributed by atoms with van der Waals surface area (Å²) in [6, 6.07) is 15.6. The summed E-state index contributed by atoms with van der Waals surface area (Å²) in [7, 11) is -3.37. The molecule has 9 heteroatoms. The van der Waals surface area contributed by atoms with Crippen LogP contribution in [-0.4, -0.2) is 61.1 Å². The van der Waals surface area contributed by atoms with E-state index in [-0.39, 0.29) is 24.5 Å². The van der Waals surface area contributed by atoms with Crippen molar-refractivity contribution in [1.82, 2.24) is 10.2 Å². The summed E-state index contributed by atoms with van der Waals surface area (Å²) in [6.07, 6.45) is 11.5. The van der Waals surface area contributed by atoms with E-state index in [1.54, 1.807) is 26.0 Å². The molecule has 1 N–H and O–H groups in total. The molecule has 2 aliphatic carbocycles. The molecule has 4 fully saturated rings. The van der Waals surface area contributed by atoms with Gasteiger partial charge in [0, 0.05) is 24.7 Å². The third-order valence-corrected chi connectivity index (χ3v) is 12.4. The topological polar surface area (TPSA) is 82.1 Å². The second-order valence-corrected chi connectivity index (χ2v) is 15.8. The number of hydrogen-bond acceptors (Lipinski definition) is 5. The fourth-order valence-corrected chi connectivity index (χ4v) is 8.49. The van der Waals surface area contributed by atoms with Gasteiger partial charge in [0.15, 0.2) is 9.84 Å². The summed E-state index contributed by atoms with van der Waals surface area (Å²) >= 11 is 0. The molecule has 43 heavy (non-hydrogen) atoms. The smallest absolute Gasteiger partial charge is 0.300 e. The molecule has 0 radical (unpaired) electrons. The van der Waals surface area contributed by atoms with Gasteiger partial charge in [0.1, 0.15) is 11.4 Å². The molecule has 0 unspecified atom stereocenters. The van der Waals surface area contributed by atoms with Gasteiger partial charge < -0.3 is 4.90 Å². The second kappa shape index (κ2) is 12.9. The number of aliphatic imine (C=N–C) groups is 1. The van der Waals surface area contributed by atoms with E-state index in [0.717, 1.165) is 67.3 Å². The molecule has 2 aromatic rings. The van der Waals surface area contributed by atoms with Gasteiger partial charge >= 0.3 is 6.03 Å². The maximum Gasteiger partial charge on any atom is 0.328 e. The van der Waals surface area contributed by atoms with Crippen molar-refractivity contribution in [3.63, 3.8) is 0 Å². The Bertz CT molecular complexity index is 1430. The minimum atomic E-state index is -3.37. The highest BCUT2D eigenvalue weighted by molar-refractivity contribution is 7.92. The first-order valence-corrected chi connectivity index (χ1v) is 17.6. The maximum absolute atomic E-state index is 14.0. The molecule has 7 nitrogen and oxygen atoms in total. The summed E-state index contributed by atoms with van der Waals surface area (Å²) in [5.41, 5.74) is 2.14. The average Bonchev–Trinajstić information content (AvgIpc) is 3.21. The number of urea groups is 1. The number of carbonyl (C=O) groups is 1. The van der Waals surface area contributed by atoms with E-state index in [2.05, 4.69) is 17.1 Å². The first-order valence-electron chi connectivity index (χ1n) is 16.1. The van der Waals surface area contributed by atoms with Crippen LogP contribution in [0.25, 0.3) is 11.1 Å². The Kier molecular flexibility index (Phi) is 9.60. The molecule has 234 valence electrons. The number of likely N-dealkylation sites (tertiary alicyclic amines) is 1. The molecule has 2 saturated heterocycles. The van der Waals surface area contributed by atoms with Gasteiger partial charge in [-0.15, -0.1) is 12.4 Å². The normalized spacial score (nSPS) is 26.5. The first kappa shape index (κ1) is 32.0. The van der Waals surface area contributed by atoms with Crippen LogP contribution in [0, 0.1) is 5.92 Å². The summed E-state index contributed by atoms with van der Waals surface area (Å²) in [5, 5.41) is 2.78. The van der Waals surface area contributed by atoms with E-state index in [1.807, 2.05) is 41.3 Å². The number of amidine groups is 1. The van der Waals surface area contributed by atoms with Gasteiger partial charge in [0.05, 0.1) is 21.9 Å². The number of piperidine rings is 1. The molecule has 6 rings (SSSR count). The molecule has 2 aromatic carbocycles. The predicted molar refractivity (Wildman–Crippen MR) is 177 cm³/mol. The van der Waals surface area contributed by atoms with Crippen molar-refractivity contribution in [3.05, 3.63) is 48.5 Å². The highest BCUT2D eigenvalue weighted by atomic mass is 35.5. The van der Waals surface area contributed by atoms with Crippen LogP contribution in [0.4, 0.5) is 10.5 Å². The van der Waals surface area contributed by atoms with E-state index in [4.69, 9.17) is 4.99 Å². The van der Waals surface area contributed by atoms with Crippen molar-refractivity contribution in [1.29, 1.82) is 0 Å². The van der Waals surface area contributed by atoms with Gasteiger partial charge in [0.25, 0.3) is 0 Å². The lowest BCUT2D eigenvalue weighted by atomic mass is 9.79. The first-order chi connectivity index (χ1) is 20.2. The number of nitrogens with one attached hydrogen (secondary N) is 1. The molecule has 4 aliphatic rings. The molecule has 2 heterocycles. The Balaban J connectivity index is 0.00000368. The van der Waals surface area contributed by atoms with E-state index in [1.165, 1.54) is 38.5 Å². The molecule has 2 aliphatic heterocycles. The fraction of sp³-hybridized carbons (Fsp3) is 0.588. The van der Waals surface area contributed by atoms with Crippen LogP contribution in [0.15, 0.2) is 58.4 Å². The van der Waals surface area contributed by atoms with Gasteiger partial charge in [0.2, 0.25) is 0 Å². The van der Waals surface area contributed by atoms with Gasteiger partial charge in [-0.25, -0.2) is 13.2 Å². The lowest BCUT2D eigenvalue weighted by Gasteiger charge is -2.48. The van der Waals surface area contributed by atoms with Gasteiger partial charge in [-0.2, -0.15) is 0 Å².